The standard InChI is InChI=1S/C16H23N5OS.ClH/c1-11-15(23-12(2)19-11)5-8-18-16(22)14-6-9-21(20-14)13-4-3-7-17-10-13;/h6,9,13,17H,3-5,7-8,10H2,1-2H3,(H,18,22);1H. The van der Waals surface area contributed by atoms with E-state index in [-0.39, 0.29) is 18.3 Å². The number of halogens is 1. The second kappa shape index (κ2) is 8.60. The molecule has 0 spiro atoms. The molecule has 1 atom stereocenters. The van der Waals surface area contributed by atoms with Crippen molar-refractivity contribution in [3.05, 3.63) is 33.5 Å². The van der Waals surface area contributed by atoms with Crippen LogP contribution in [0.2, 0.25) is 0 Å². The lowest BCUT2D eigenvalue weighted by atomic mass is 10.1. The number of piperidine rings is 1. The molecule has 0 saturated carbocycles. The molecule has 2 N–H and O–H groups in total. The van der Waals surface area contributed by atoms with Gasteiger partial charge in [-0.3, -0.25) is 9.48 Å². The summed E-state index contributed by atoms with van der Waals surface area (Å²) in [6.45, 7) is 6.63. The maximum absolute atomic E-state index is 12.2. The number of rotatable bonds is 5. The summed E-state index contributed by atoms with van der Waals surface area (Å²) < 4.78 is 1.91. The highest BCUT2D eigenvalue weighted by Crippen LogP contribution is 2.17. The predicted octanol–water partition coefficient (Wildman–Crippen LogP) is 2.28. The highest BCUT2D eigenvalue weighted by molar-refractivity contribution is 7.11. The number of hydrogen-bond donors (Lipinski definition) is 2. The van der Waals surface area contributed by atoms with Crippen molar-refractivity contribution in [3.63, 3.8) is 0 Å². The number of amides is 1. The predicted molar refractivity (Wildman–Crippen MR) is 98.2 cm³/mol. The molecule has 6 nitrogen and oxygen atoms in total. The highest BCUT2D eigenvalue weighted by atomic mass is 35.5. The molecule has 1 aliphatic heterocycles. The number of thiazole rings is 1. The van der Waals surface area contributed by atoms with Gasteiger partial charge in [0.2, 0.25) is 0 Å². The molecule has 3 heterocycles. The molecule has 24 heavy (non-hydrogen) atoms. The minimum Gasteiger partial charge on any atom is -0.350 e. The van der Waals surface area contributed by atoms with Crippen LogP contribution in [0.25, 0.3) is 0 Å². The van der Waals surface area contributed by atoms with E-state index in [1.807, 2.05) is 24.7 Å². The summed E-state index contributed by atoms with van der Waals surface area (Å²) in [6.07, 6.45) is 4.99. The van der Waals surface area contributed by atoms with Crippen LogP contribution < -0.4 is 10.6 Å². The maximum atomic E-state index is 12.2. The minimum atomic E-state index is -0.105. The van der Waals surface area contributed by atoms with E-state index < -0.39 is 0 Å². The van der Waals surface area contributed by atoms with Crippen molar-refractivity contribution in [1.82, 2.24) is 25.4 Å². The third-order valence-corrected chi connectivity index (χ3v) is 5.26. The number of nitrogens with one attached hydrogen (secondary N) is 2. The van der Waals surface area contributed by atoms with Gasteiger partial charge in [-0.1, -0.05) is 0 Å². The Morgan fingerprint density at radius 1 is 1.50 bits per heavy atom. The molecular weight excluding hydrogens is 346 g/mol. The van der Waals surface area contributed by atoms with Gasteiger partial charge in [0, 0.05) is 30.6 Å². The zero-order chi connectivity index (χ0) is 16.2. The van der Waals surface area contributed by atoms with Gasteiger partial charge in [-0.2, -0.15) is 5.10 Å². The summed E-state index contributed by atoms with van der Waals surface area (Å²) in [5.41, 5.74) is 1.56. The van der Waals surface area contributed by atoms with Gasteiger partial charge in [-0.15, -0.1) is 23.7 Å². The number of carbonyl (C=O) groups excluding carboxylic acids is 1. The van der Waals surface area contributed by atoms with Crippen LogP contribution in [-0.4, -0.2) is 40.3 Å². The molecule has 3 rings (SSSR count). The normalized spacial score (nSPS) is 17.3. The summed E-state index contributed by atoms with van der Waals surface area (Å²) >= 11 is 1.70. The number of hydrogen-bond acceptors (Lipinski definition) is 5. The van der Waals surface area contributed by atoms with Crippen LogP contribution in [0.5, 0.6) is 0 Å². The Bertz CT molecular complexity index is 678. The monoisotopic (exact) mass is 369 g/mol. The fourth-order valence-corrected chi connectivity index (χ4v) is 3.84. The van der Waals surface area contributed by atoms with Crippen molar-refractivity contribution in [3.8, 4) is 0 Å². The number of nitrogens with zero attached hydrogens (tertiary/aromatic N) is 3. The first kappa shape index (κ1) is 18.9. The van der Waals surface area contributed by atoms with Crippen molar-refractivity contribution < 1.29 is 4.79 Å². The Morgan fingerprint density at radius 2 is 2.33 bits per heavy atom. The Balaban J connectivity index is 0.00000208. The van der Waals surface area contributed by atoms with Crippen molar-refractivity contribution in [2.75, 3.05) is 19.6 Å². The van der Waals surface area contributed by atoms with Crippen molar-refractivity contribution in [2.24, 2.45) is 0 Å². The number of carbonyl (C=O) groups is 1. The Kier molecular flexibility index (Phi) is 6.77. The molecule has 0 bridgehead atoms. The van der Waals surface area contributed by atoms with E-state index >= 15 is 0 Å². The van der Waals surface area contributed by atoms with Gasteiger partial charge < -0.3 is 10.6 Å². The van der Waals surface area contributed by atoms with E-state index in [0.717, 1.165) is 43.1 Å². The first-order chi connectivity index (χ1) is 11.1. The molecular formula is C16H24ClN5OS. The molecule has 2 aromatic rings. The third-order valence-electron chi connectivity index (χ3n) is 4.12. The van der Waals surface area contributed by atoms with Crippen LogP contribution in [0, 0.1) is 13.8 Å². The Labute approximate surface area is 152 Å². The summed E-state index contributed by atoms with van der Waals surface area (Å²) in [5.74, 6) is -0.105. The fraction of sp³-hybridized carbons (Fsp3) is 0.562. The summed E-state index contributed by atoms with van der Waals surface area (Å²) in [5, 5.41) is 11.8. The SMILES string of the molecule is Cc1nc(C)c(CCNC(=O)c2ccn(C3CCCNC3)n2)s1.Cl. The first-order valence-corrected chi connectivity index (χ1v) is 8.92. The van der Waals surface area contributed by atoms with Gasteiger partial charge >= 0.3 is 0 Å². The summed E-state index contributed by atoms with van der Waals surface area (Å²) in [6, 6.07) is 2.15. The molecule has 1 aliphatic rings. The van der Waals surface area contributed by atoms with Gasteiger partial charge in [0.25, 0.3) is 5.91 Å². The lowest BCUT2D eigenvalue weighted by Crippen LogP contribution is -2.32. The Hall–Kier alpha value is -1.44. The van der Waals surface area contributed by atoms with E-state index in [9.17, 15) is 4.79 Å². The molecule has 1 amide bonds. The molecule has 0 aromatic carbocycles. The van der Waals surface area contributed by atoms with Gasteiger partial charge in [0.1, 0.15) is 5.69 Å². The second-order valence-corrected chi connectivity index (χ2v) is 7.22. The van der Waals surface area contributed by atoms with Crippen LogP contribution in [0.1, 0.15) is 45.0 Å². The van der Waals surface area contributed by atoms with Gasteiger partial charge in [-0.05, 0) is 39.3 Å². The van der Waals surface area contributed by atoms with Crippen LogP contribution >= 0.6 is 23.7 Å². The highest BCUT2D eigenvalue weighted by Gasteiger charge is 2.17. The largest absolute Gasteiger partial charge is 0.350 e. The Morgan fingerprint density at radius 3 is 3.00 bits per heavy atom. The minimum absolute atomic E-state index is 0. The number of aromatic nitrogens is 3. The summed E-state index contributed by atoms with van der Waals surface area (Å²) in [7, 11) is 0. The van der Waals surface area contributed by atoms with Crippen LogP contribution in [0.3, 0.4) is 0 Å². The fourth-order valence-electron chi connectivity index (χ4n) is 2.91. The van der Waals surface area contributed by atoms with E-state index in [1.165, 1.54) is 4.88 Å². The van der Waals surface area contributed by atoms with Gasteiger partial charge in [0.05, 0.1) is 16.7 Å². The molecule has 8 heteroatoms. The first-order valence-electron chi connectivity index (χ1n) is 8.10. The quantitative estimate of drug-likeness (QED) is 0.848. The smallest absolute Gasteiger partial charge is 0.271 e. The molecule has 0 radical (unpaired) electrons. The van der Waals surface area contributed by atoms with E-state index in [4.69, 9.17) is 0 Å². The van der Waals surface area contributed by atoms with E-state index in [1.54, 1.807) is 17.4 Å². The lowest BCUT2D eigenvalue weighted by molar-refractivity contribution is 0.0948. The van der Waals surface area contributed by atoms with Crippen LogP contribution in [0.15, 0.2) is 12.3 Å². The average molecular weight is 370 g/mol. The zero-order valence-electron chi connectivity index (χ0n) is 14.0. The molecule has 2 aromatic heterocycles. The molecule has 1 fully saturated rings. The summed E-state index contributed by atoms with van der Waals surface area (Å²) in [4.78, 5) is 17.9. The topological polar surface area (TPSA) is 71.8 Å². The van der Waals surface area contributed by atoms with E-state index in [2.05, 4.69) is 20.7 Å². The lowest BCUT2D eigenvalue weighted by Gasteiger charge is -2.22. The number of aryl methyl sites for hydroxylation is 2. The molecule has 0 aliphatic carbocycles. The van der Waals surface area contributed by atoms with Crippen molar-refractivity contribution in [2.45, 2.75) is 39.2 Å². The van der Waals surface area contributed by atoms with E-state index in [0.29, 0.717) is 18.3 Å². The van der Waals surface area contributed by atoms with Crippen LogP contribution in [-0.2, 0) is 6.42 Å². The molecule has 1 saturated heterocycles. The maximum Gasteiger partial charge on any atom is 0.271 e. The average Bonchev–Trinajstić information content (AvgIpc) is 3.15. The molecule has 1 unspecified atom stereocenters. The van der Waals surface area contributed by atoms with Gasteiger partial charge in [-0.25, -0.2) is 4.98 Å². The van der Waals surface area contributed by atoms with Crippen LogP contribution in [0.4, 0.5) is 0 Å². The van der Waals surface area contributed by atoms with Crippen molar-refractivity contribution in [1.29, 1.82) is 0 Å². The van der Waals surface area contributed by atoms with Crippen molar-refractivity contribution >= 4 is 29.7 Å². The second-order valence-electron chi connectivity index (χ2n) is 5.93. The third kappa shape index (κ3) is 4.55. The zero-order valence-corrected chi connectivity index (χ0v) is 15.7. The van der Waals surface area contributed by atoms with Gasteiger partial charge in [0.15, 0.2) is 0 Å². The molecule has 132 valence electrons.